The van der Waals surface area contributed by atoms with Crippen LogP contribution >= 0.6 is 0 Å². The lowest BCUT2D eigenvalue weighted by atomic mass is 9.12. The van der Waals surface area contributed by atoms with E-state index in [0.29, 0.717) is 12.2 Å². The second-order valence-electron chi connectivity index (χ2n) is 19.3. The van der Waals surface area contributed by atoms with Crippen molar-refractivity contribution in [2.24, 2.45) is 0 Å². The average molecular weight is 1240 g/mol. The van der Waals surface area contributed by atoms with E-state index in [4.69, 9.17) is 0 Å². The Kier molecular flexibility index (Phi) is 16.5. The van der Waals surface area contributed by atoms with Gasteiger partial charge in [0, 0.05) is 11.1 Å². The Morgan fingerprint density at radius 3 is 0.930 bits per heavy atom. The van der Waals surface area contributed by atoms with Crippen molar-refractivity contribution in [2.45, 2.75) is 56.0 Å². The standard InChI is InChI=1S/C32H12BF24.C26H19N2O/c34-25(35,36)13-1-14(26(37,38)39)6-21(5-13)33(22-7-15(27(40,41)42)2-16(8-22)28(43,44)45,23-9-17(29(46,47)48)3-18(10-23)30(49,50)51)24-11-19(31(52,53)54)4-20(12-24)32(55,56)57;29-26(24-17-27-14-15-28(24)18-19-8-2-1-3-9-19)25-22-12-6-4-10-20(22)16-21-11-5-7-13-23(21)25/h1-12H;1-17H,18H2/q-1;+1. The normalized spacial score (nSPS) is 13.2. The fraction of sp³-hybridized carbons (Fsp3) is 0.155. The minimum Gasteiger partial charge on any atom is -0.282 e. The molecule has 9 aromatic rings. The maximum Gasteiger partial charge on any atom is 0.416 e. The van der Waals surface area contributed by atoms with Gasteiger partial charge in [0.25, 0.3) is 11.5 Å². The van der Waals surface area contributed by atoms with Crippen LogP contribution in [0, 0.1) is 0 Å². The van der Waals surface area contributed by atoms with Crippen LogP contribution < -0.4 is 26.4 Å². The summed E-state index contributed by atoms with van der Waals surface area (Å²) in [6, 6.07) is 19.6. The van der Waals surface area contributed by atoms with Gasteiger partial charge >= 0.3 is 49.4 Å². The van der Waals surface area contributed by atoms with Crippen LogP contribution in [-0.2, 0) is 56.0 Å². The van der Waals surface area contributed by atoms with Gasteiger partial charge in [-0.2, -0.15) is 132 Å². The van der Waals surface area contributed by atoms with E-state index >= 15 is 0 Å². The first-order chi connectivity index (χ1) is 39.6. The van der Waals surface area contributed by atoms with E-state index in [1.807, 2.05) is 65.4 Å². The highest BCUT2D eigenvalue weighted by Crippen LogP contribution is 2.42. The lowest BCUT2D eigenvalue weighted by Gasteiger charge is -2.46. The van der Waals surface area contributed by atoms with Crippen LogP contribution in [0.25, 0.3) is 21.5 Å². The quantitative estimate of drug-likeness (QED) is 0.0499. The van der Waals surface area contributed by atoms with Crippen LogP contribution in [0.2, 0.25) is 0 Å². The van der Waals surface area contributed by atoms with Gasteiger partial charge in [-0.3, -0.25) is 9.78 Å². The van der Waals surface area contributed by atoms with Crippen LogP contribution in [0.3, 0.4) is 0 Å². The molecule has 0 spiro atoms. The molecule has 1 aromatic heterocycles. The van der Waals surface area contributed by atoms with E-state index < -0.39 is 195 Å². The molecule has 0 saturated heterocycles. The Labute approximate surface area is 467 Å². The van der Waals surface area contributed by atoms with E-state index in [-0.39, 0.29) is 5.78 Å². The number of hydrogen-bond acceptors (Lipinski definition) is 2. The van der Waals surface area contributed by atoms with Gasteiger partial charge < -0.3 is 0 Å². The molecule has 0 radical (unpaired) electrons. The Morgan fingerprint density at radius 1 is 0.360 bits per heavy atom. The second kappa shape index (κ2) is 22.4. The number of benzene rings is 8. The number of ketones is 1. The number of alkyl halides is 24. The Morgan fingerprint density at radius 2 is 0.640 bits per heavy atom. The van der Waals surface area contributed by atoms with Crippen LogP contribution in [-0.4, -0.2) is 16.9 Å². The maximum atomic E-state index is 14.2. The van der Waals surface area contributed by atoms with Crippen molar-refractivity contribution in [1.82, 2.24) is 4.98 Å². The third-order valence-electron chi connectivity index (χ3n) is 13.7. The molecule has 28 heteroatoms. The summed E-state index contributed by atoms with van der Waals surface area (Å²) in [5.74, 6) is -0.0120. The smallest absolute Gasteiger partial charge is 0.282 e. The number of rotatable bonds is 8. The van der Waals surface area contributed by atoms with Crippen LogP contribution in [0.4, 0.5) is 105 Å². The molecular formula is C58H31BF24N2O. The summed E-state index contributed by atoms with van der Waals surface area (Å²) in [5.41, 5.74) is -27.8. The Balaban J connectivity index is 0.000000274. The zero-order valence-electron chi connectivity index (χ0n) is 42.4. The van der Waals surface area contributed by atoms with Crippen LogP contribution in [0.1, 0.15) is 66.1 Å². The van der Waals surface area contributed by atoms with E-state index in [9.17, 15) is 110 Å². The molecule has 0 N–H and O–H groups in total. The third kappa shape index (κ3) is 13.4. The first-order valence-corrected chi connectivity index (χ1v) is 24.3. The van der Waals surface area contributed by atoms with Crippen molar-refractivity contribution >= 4 is 55.3 Å². The zero-order chi connectivity index (χ0) is 63.5. The van der Waals surface area contributed by atoms with Gasteiger partial charge in [-0.25, -0.2) is 0 Å². The van der Waals surface area contributed by atoms with E-state index in [1.54, 1.807) is 12.4 Å². The molecule has 0 fully saturated rings. The molecule has 0 aliphatic carbocycles. The molecule has 0 bridgehead atoms. The van der Waals surface area contributed by atoms with Gasteiger partial charge in [-0.15, -0.1) is 0 Å². The van der Waals surface area contributed by atoms with E-state index in [2.05, 4.69) is 35.3 Å². The molecule has 0 unspecified atom stereocenters. The zero-order valence-corrected chi connectivity index (χ0v) is 42.4. The summed E-state index contributed by atoms with van der Waals surface area (Å²) in [5, 5.41) is 4.05. The molecule has 0 aliphatic heterocycles. The van der Waals surface area contributed by atoms with Gasteiger partial charge in [0.2, 0.25) is 0 Å². The fourth-order valence-corrected chi connectivity index (χ4v) is 9.95. The van der Waals surface area contributed by atoms with Gasteiger partial charge in [0.1, 0.15) is 12.3 Å². The lowest BCUT2D eigenvalue weighted by molar-refractivity contribution is -0.690. The maximum absolute atomic E-state index is 14.2. The van der Waals surface area contributed by atoms with Gasteiger partial charge in [0.15, 0.2) is 12.7 Å². The number of nitrogens with zero attached hydrogens (tertiary/aromatic N) is 2. The molecule has 450 valence electrons. The first kappa shape index (κ1) is 63.4. The third-order valence-corrected chi connectivity index (χ3v) is 13.7. The molecular weight excluding hydrogens is 1210 g/mol. The number of carbonyl (C=O) groups excluding carboxylic acids is 1. The average Bonchev–Trinajstić information content (AvgIpc) is 0.716. The largest absolute Gasteiger partial charge is 0.416 e. The number of fused-ring (bicyclic) bond motifs is 2. The number of carbonyl (C=O) groups is 1. The van der Waals surface area contributed by atoms with Gasteiger partial charge in [-0.05, 0) is 51.9 Å². The van der Waals surface area contributed by atoms with E-state index in [0.717, 1.165) is 32.7 Å². The molecule has 3 nitrogen and oxygen atoms in total. The van der Waals surface area contributed by atoms with Crippen LogP contribution in [0.15, 0.2) is 176 Å². The first-order valence-electron chi connectivity index (χ1n) is 24.3. The minimum atomic E-state index is -6.13. The van der Waals surface area contributed by atoms with Crippen molar-refractivity contribution in [3.63, 3.8) is 0 Å². The molecule has 9 rings (SSSR count). The predicted molar refractivity (Wildman–Crippen MR) is 265 cm³/mol. The van der Waals surface area contributed by atoms with Crippen LogP contribution in [0.5, 0.6) is 0 Å². The topological polar surface area (TPSA) is 33.8 Å². The predicted octanol–water partition coefficient (Wildman–Crippen LogP) is 16.2. The van der Waals surface area contributed by atoms with Gasteiger partial charge in [-0.1, -0.05) is 127 Å². The summed E-state index contributed by atoms with van der Waals surface area (Å²) in [4.78, 5) is 18.1. The molecule has 1 heterocycles. The van der Waals surface area contributed by atoms with Crippen molar-refractivity contribution in [3.05, 3.63) is 238 Å². The number of hydrogen-bond donors (Lipinski definition) is 0. The van der Waals surface area contributed by atoms with Crippen molar-refractivity contribution in [1.29, 1.82) is 0 Å². The molecule has 8 aromatic carbocycles. The number of halogens is 24. The minimum absolute atomic E-state index is 0.0120. The van der Waals surface area contributed by atoms with Gasteiger partial charge in [0.05, 0.1) is 50.7 Å². The molecule has 0 aliphatic rings. The highest BCUT2D eigenvalue weighted by Gasteiger charge is 2.47. The van der Waals surface area contributed by atoms with Crippen molar-refractivity contribution in [2.75, 3.05) is 0 Å². The monoisotopic (exact) mass is 1240 g/mol. The SMILES string of the molecule is FC(F)(F)c1cc([B-](c2cc(C(F)(F)F)cc(C(F)(F)F)c2)(c2cc(C(F)(F)F)cc(C(F)(F)F)c2)c2cc(C(F)(F)F)cc(C(F)(F)F)c2)cc(C(F)(F)F)c1.O=C(c1c2ccccc2cc2ccccc12)c1cncc[n+]1Cc1ccccc1. The summed E-state index contributed by atoms with van der Waals surface area (Å²) in [6.07, 6.45) is -49.5. The van der Waals surface area contributed by atoms with E-state index in [1.165, 1.54) is 0 Å². The molecule has 0 saturated carbocycles. The highest BCUT2D eigenvalue weighted by atomic mass is 19.4. The molecule has 86 heavy (non-hydrogen) atoms. The highest BCUT2D eigenvalue weighted by molar-refractivity contribution is 7.20. The molecule has 0 atom stereocenters. The molecule has 0 amide bonds. The van der Waals surface area contributed by atoms with Crippen molar-refractivity contribution < 1.29 is 115 Å². The summed E-state index contributed by atoms with van der Waals surface area (Å²) < 4.78 is 343. The summed E-state index contributed by atoms with van der Waals surface area (Å²) in [6.45, 7) is 0.618. The Hall–Kier alpha value is -8.59. The summed E-state index contributed by atoms with van der Waals surface area (Å²) in [7, 11) is 0. The fourth-order valence-electron chi connectivity index (χ4n) is 9.95. The van der Waals surface area contributed by atoms with Crippen molar-refractivity contribution in [3.8, 4) is 0 Å². The summed E-state index contributed by atoms with van der Waals surface area (Å²) >= 11 is 0. The number of aromatic nitrogens is 2. The second-order valence-corrected chi connectivity index (χ2v) is 19.3. The Bertz CT molecular complexity index is 3510. The lowest BCUT2D eigenvalue weighted by Crippen LogP contribution is -2.75.